The van der Waals surface area contributed by atoms with Gasteiger partial charge in [-0.2, -0.15) is 0 Å². The van der Waals surface area contributed by atoms with Crippen molar-refractivity contribution in [3.05, 3.63) is 26.9 Å². The molecule has 0 radical (unpaired) electrons. The van der Waals surface area contributed by atoms with E-state index >= 15 is 0 Å². The maximum Gasteiger partial charge on any atom is 0.288 e. The number of anilines is 1. The van der Waals surface area contributed by atoms with E-state index < -0.39 is 14.9 Å². The SMILES string of the molecule is CS(=O)(=O)NCCCNc1ncc([N+](=O)[O-])cc1Br. The molecule has 1 aromatic rings. The van der Waals surface area contributed by atoms with Crippen LogP contribution in [-0.2, 0) is 10.0 Å². The second kappa shape index (κ2) is 6.78. The Morgan fingerprint density at radius 3 is 2.68 bits per heavy atom. The quantitative estimate of drug-likeness (QED) is 0.431. The van der Waals surface area contributed by atoms with Crippen LogP contribution in [0.4, 0.5) is 11.5 Å². The van der Waals surface area contributed by atoms with Crippen LogP contribution in [0, 0.1) is 10.1 Å². The summed E-state index contributed by atoms with van der Waals surface area (Å²) in [5.41, 5.74) is -0.101. The van der Waals surface area contributed by atoms with Crippen LogP contribution in [-0.4, -0.2) is 37.7 Å². The summed E-state index contributed by atoms with van der Waals surface area (Å²) < 4.78 is 24.5. The molecule has 0 atom stereocenters. The fourth-order valence-corrected chi connectivity index (χ4v) is 2.20. The van der Waals surface area contributed by atoms with Crippen molar-refractivity contribution in [1.82, 2.24) is 9.71 Å². The lowest BCUT2D eigenvalue weighted by Gasteiger charge is -2.07. The van der Waals surface area contributed by atoms with E-state index in [4.69, 9.17) is 0 Å². The molecule has 1 heterocycles. The van der Waals surface area contributed by atoms with Crippen molar-refractivity contribution < 1.29 is 13.3 Å². The minimum absolute atomic E-state index is 0.101. The topological polar surface area (TPSA) is 114 Å². The molecule has 0 aliphatic rings. The van der Waals surface area contributed by atoms with E-state index in [0.717, 1.165) is 12.5 Å². The molecule has 0 saturated heterocycles. The van der Waals surface area contributed by atoms with Gasteiger partial charge in [0.25, 0.3) is 5.69 Å². The van der Waals surface area contributed by atoms with Gasteiger partial charge in [-0.05, 0) is 22.4 Å². The van der Waals surface area contributed by atoms with Gasteiger partial charge in [0.05, 0.1) is 15.7 Å². The lowest BCUT2D eigenvalue weighted by molar-refractivity contribution is -0.385. The molecular formula is C9H13BrN4O4S. The molecule has 1 rings (SSSR count). The number of sulfonamides is 1. The molecule has 0 aromatic carbocycles. The molecule has 0 aliphatic heterocycles. The normalized spacial score (nSPS) is 11.3. The molecular weight excluding hydrogens is 340 g/mol. The monoisotopic (exact) mass is 352 g/mol. The summed E-state index contributed by atoms with van der Waals surface area (Å²) in [5, 5.41) is 13.5. The first-order valence-electron chi connectivity index (χ1n) is 5.28. The third-order valence-electron chi connectivity index (χ3n) is 2.05. The molecule has 8 nitrogen and oxygen atoms in total. The molecule has 106 valence electrons. The van der Waals surface area contributed by atoms with Crippen molar-refractivity contribution >= 4 is 37.5 Å². The highest BCUT2D eigenvalue weighted by Crippen LogP contribution is 2.24. The van der Waals surface area contributed by atoms with Crippen LogP contribution in [0.2, 0.25) is 0 Å². The summed E-state index contributed by atoms with van der Waals surface area (Å²) >= 11 is 3.18. The van der Waals surface area contributed by atoms with Crippen LogP contribution in [0.25, 0.3) is 0 Å². The number of hydrogen-bond donors (Lipinski definition) is 2. The van der Waals surface area contributed by atoms with Crippen molar-refractivity contribution in [1.29, 1.82) is 0 Å². The van der Waals surface area contributed by atoms with Crippen molar-refractivity contribution in [2.75, 3.05) is 24.7 Å². The van der Waals surface area contributed by atoms with Crippen molar-refractivity contribution in [2.45, 2.75) is 6.42 Å². The molecule has 0 fully saturated rings. The number of halogens is 1. The van der Waals surface area contributed by atoms with Crippen molar-refractivity contribution in [2.24, 2.45) is 0 Å². The van der Waals surface area contributed by atoms with E-state index in [9.17, 15) is 18.5 Å². The number of rotatable bonds is 7. The van der Waals surface area contributed by atoms with E-state index in [-0.39, 0.29) is 5.69 Å². The smallest absolute Gasteiger partial charge is 0.288 e. The summed E-state index contributed by atoms with van der Waals surface area (Å²) in [4.78, 5) is 13.9. The average molecular weight is 353 g/mol. The molecule has 0 unspecified atom stereocenters. The maximum absolute atomic E-state index is 10.8. The first kappa shape index (κ1) is 15.8. The van der Waals surface area contributed by atoms with Gasteiger partial charge >= 0.3 is 0 Å². The second-order valence-corrected chi connectivity index (χ2v) is 6.42. The van der Waals surface area contributed by atoms with E-state index in [1.54, 1.807) is 0 Å². The maximum atomic E-state index is 10.8. The molecule has 0 saturated carbocycles. The van der Waals surface area contributed by atoms with Gasteiger partial charge in [-0.15, -0.1) is 0 Å². The van der Waals surface area contributed by atoms with E-state index in [1.165, 1.54) is 6.07 Å². The molecule has 0 aliphatic carbocycles. The first-order valence-corrected chi connectivity index (χ1v) is 7.96. The van der Waals surface area contributed by atoms with Crippen LogP contribution in [0.1, 0.15) is 6.42 Å². The Hall–Kier alpha value is -1.26. The Morgan fingerprint density at radius 1 is 1.47 bits per heavy atom. The lowest BCUT2D eigenvalue weighted by atomic mass is 10.4. The van der Waals surface area contributed by atoms with Crippen LogP contribution in [0.3, 0.4) is 0 Å². The van der Waals surface area contributed by atoms with Gasteiger partial charge in [0.1, 0.15) is 12.0 Å². The minimum atomic E-state index is -3.17. The summed E-state index contributed by atoms with van der Waals surface area (Å²) in [5.74, 6) is 0.477. The number of aromatic nitrogens is 1. The molecule has 19 heavy (non-hydrogen) atoms. The highest BCUT2D eigenvalue weighted by Gasteiger charge is 2.10. The van der Waals surface area contributed by atoms with Gasteiger partial charge in [0.2, 0.25) is 10.0 Å². The predicted octanol–water partition coefficient (Wildman–Crippen LogP) is 1.10. The average Bonchev–Trinajstić information content (AvgIpc) is 2.28. The molecule has 0 spiro atoms. The summed E-state index contributed by atoms with van der Waals surface area (Å²) in [7, 11) is -3.17. The summed E-state index contributed by atoms with van der Waals surface area (Å²) in [6.45, 7) is 0.808. The summed E-state index contributed by atoms with van der Waals surface area (Å²) in [6, 6.07) is 1.35. The standard InChI is InChI=1S/C9H13BrN4O4S/c1-19(17,18)13-4-2-3-11-9-8(10)5-7(6-12-9)14(15)16/h5-6,13H,2-4H2,1H3,(H,11,12). The van der Waals surface area contributed by atoms with Gasteiger partial charge in [-0.3, -0.25) is 10.1 Å². The molecule has 10 heteroatoms. The minimum Gasteiger partial charge on any atom is -0.369 e. The third kappa shape index (κ3) is 5.94. The zero-order valence-electron chi connectivity index (χ0n) is 10.1. The van der Waals surface area contributed by atoms with Gasteiger partial charge in [-0.25, -0.2) is 18.1 Å². The highest BCUT2D eigenvalue weighted by atomic mass is 79.9. The van der Waals surface area contributed by atoms with E-state index in [0.29, 0.717) is 29.8 Å². The predicted molar refractivity (Wildman–Crippen MR) is 74.5 cm³/mol. The lowest BCUT2D eigenvalue weighted by Crippen LogP contribution is -2.24. The van der Waals surface area contributed by atoms with Gasteiger partial charge < -0.3 is 5.32 Å². The van der Waals surface area contributed by atoms with Crippen LogP contribution < -0.4 is 10.0 Å². The Labute approximate surface area is 118 Å². The van der Waals surface area contributed by atoms with Gasteiger partial charge in [0.15, 0.2) is 0 Å². The molecule has 2 N–H and O–H groups in total. The largest absolute Gasteiger partial charge is 0.369 e. The molecule has 0 bridgehead atoms. The Morgan fingerprint density at radius 2 is 2.16 bits per heavy atom. The zero-order chi connectivity index (χ0) is 14.5. The van der Waals surface area contributed by atoms with E-state index in [2.05, 4.69) is 31.0 Å². The number of pyridine rings is 1. The van der Waals surface area contributed by atoms with Crippen LogP contribution >= 0.6 is 15.9 Å². The summed E-state index contributed by atoms with van der Waals surface area (Å²) in [6.07, 6.45) is 2.81. The third-order valence-corrected chi connectivity index (χ3v) is 3.38. The second-order valence-electron chi connectivity index (χ2n) is 3.73. The van der Waals surface area contributed by atoms with Gasteiger partial charge in [0, 0.05) is 19.2 Å². The van der Waals surface area contributed by atoms with E-state index in [1.807, 2.05) is 0 Å². The Bertz CT molecular complexity index is 563. The number of nitrogens with zero attached hydrogens (tertiary/aromatic N) is 2. The fourth-order valence-electron chi connectivity index (χ4n) is 1.21. The number of nitrogens with one attached hydrogen (secondary N) is 2. The fraction of sp³-hybridized carbons (Fsp3) is 0.444. The Balaban J connectivity index is 2.44. The molecule has 0 amide bonds. The van der Waals surface area contributed by atoms with Crippen LogP contribution in [0.15, 0.2) is 16.7 Å². The van der Waals surface area contributed by atoms with Crippen molar-refractivity contribution in [3.8, 4) is 0 Å². The molecule has 1 aromatic heterocycles. The van der Waals surface area contributed by atoms with Gasteiger partial charge in [-0.1, -0.05) is 0 Å². The Kier molecular flexibility index (Phi) is 5.63. The van der Waals surface area contributed by atoms with Crippen LogP contribution in [0.5, 0.6) is 0 Å². The number of nitro groups is 1. The number of hydrogen-bond acceptors (Lipinski definition) is 6. The first-order chi connectivity index (χ1) is 8.79. The highest BCUT2D eigenvalue weighted by molar-refractivity contribution is 9.10. The van der Waals surface area contributed by atoms with Crippen molar-refractivity contribution in [3.63, 3.8) is 0 Å². The zero-order valence-corrected chi connectivity index (χ0v) is 12.5.